The van der Waals surface area contributed by atoms with E-state index < -0.39 is 17.5 Å². The summed E-state index contributed by atoms with van der Waals surface area (Å²) < 4.78 is 37.3. The number of aromatic nitrogens is 1. The van der Waals surface area contributed by atoms with Crippen molar-refractivity contribution in [2.24, 2.45) is 0 Å². The molecule has 0 N–H and O–H groups in total. The van der Waals surface area contributed by atoms with E-state index in [-0.39, 0.29) is 11.6 Å². The Morgan fingerprint density at radius 1 is 1.23 bits per heavy atom. The van der Waals surface area contributed by atoms with Gasteiger partial charge in [0.05, 0.1) is 12.7 Å². The normalized spacial score (nSPS) is 11.1. The number of carbonyl (C=O) groups excluding carboxylic acids is 1. The topological polar surface area (TPSA) is 48.4 Å². The standard InChI is InChI=1S/C16H15F2NO3/c1-10-5-4-6-11(9-10)22-14-12(16(2,17)18)7-8-13(19-14)15(20)21-3/h4-9H,1-3H3. The van der Waals surface area contributed by atoms with E-state index in [1.54, 1.807) is 18.2 Å². The number of hydrogen-bond acceptors (Lipinski definition) is 4. The van der Waals surface area contributed by atoms with Gasteiger partial charge in [-0.15, -0.1) is 0 Å². The molecule has 1 aromatic carbocycles. The zero-order chi connectivity index (χ0) is 16.3. The second kappa shape index (κ2) is 6.09. The first kappa shape index (κ1) is 15.9. The summed E-state index contributed by atoms with van der Waals surface area (Å²) in [7, 11) is 1.19. The zero-order valence-electron chi connectivity index (χ0n) is 12.4. The van der Waals surface area contributed by atoms with Crippen LogP contribution in [0.4, 0.5) is 8.78 Å². The quantitative estimate of drug-likeness (QED) is 0.799. The Morgan fingerprint density at radius 3 is 2.55 bits per heavy atom. The van der Waals surface area contributed by atoms with Gasteiger partial charge in [0.1, 0.15) is 5.75 Å². The van der Waals surface area contributed by atoms with Crippen LogP contribution in [0.1, 0.15) is 28.5 Å². The summed E-state index contributed by atoms with van der Waals surface area (Å²) in [6.45, 7) is 2.59. The molecule has 1 aromatic heterocycles. The van der Waals surface area contributed by atoms with Crippen molar-refractivity contribution in [1.29, 1.82) is 0 Å². The van der Waals surface area contributed by atoms with Crippen LogP contribution in [-0.2, 0) is 10.7 Å². The number of hydrogen-bond donors (Lipinski definition) is 0. The smallest absolute Gasteiger partial charge is 0.356 e. The zero-order valence-corrected chi connectivity index (χ0v) is 12.4. The molecule has 0 fully saturated rings. The van der Waals surface area contributed by atoms with Gasteiger partial charge in [-0.05, 0) is 36.8 Å². The van der Waals surface area contributed by atoms with Crippen LogP contribution in [0.5, 0.6) is 11.6 Å². The Kier molecular flexibility index (Phi) is 4.40. The minimum atomic E-state index is -3.15. The van der Waals surface area contributed by atoms with Gasteiger partial charge in [-0.3, -0.25) is 0 Å². The molecule has 0 amide bonds. The first-order valence-electron chi connectivity index (χ1n) is 6.53. The summed E-state index contributed by atoms with van der Waals surface area (Å²) in [6, 6.07) is 9.19. The highest BCUT2D eigenvalue weighted by Crippen LogP contribution is 2.35. The minimum absolute atomic E-state index is 0.0989. The number of rotatable bonds is 4. The van der Waals surface area contributed by atoms with Crippen molar-refractivity contribution in [2.75, 3.05) is 7.11 Å². The molecule has 4 nitrogen and oxygen atoms in total. The maximum atomic E-state index is 13.7. The van der Waals surface area contributed by atoms with Gasteiger partial charge in [0.25, 0.3) is 5.92 Å². The molecule has 2 aromatic rings. The molecular weight excluding hydrogens is 292 g/mol. The third-order valence-corrected chi connectivity index (χ3v) is 2.93. The lowest BCUT2D eigenvalue weighted by Gasteiger charge is -2.16. The summed E-state index contributed by atoms with van der Waals surface area (Å²) in [4.78, 5) is 15.4. The molecule has 0 atom stereocenters. The highest BCUT2D eigenvalue weighted by atomic mass is 19.3. The number of alkyl halides is 2. The Morgan fingerprint density at radius 2 is 1.95 bits per heavy atom. The predicted molar refractivity (Wildman–Crippen MR) is 76.4 cm³/mol. The van der Waals surface area contributed by atoms with E-state index in [9.17, 15) is 13.6 Å². The summed E-state index contributed by atoms with van der Waals surface area (Å²) >= 11 is 0. The molecule has 0 spiro atoms. The van der Waals surface area contributed by atoms with Crippen molar-refractivity contribution in [3.63, 3.8) is 0 Å². The van der Waals surface area contributed by atoms with Crippen LogP contribution in [0.15, 0.2) is 36.4 Å². The lowest BCUT2D eigenvalue weighted by Crippen LogP contribution is -2.13. The molecular formula is C16H15F2NO3. The molecule has 0 unspecified atom stereocenters. The van der Waals surface area contributed by atoms with Crippen molar-refractivity contribution in [1.82, 2.24) is 4.98 Å². The first-order valence-corrected chi connectivity index (χ1v) is 6.53. The van der Waals surface area contributed by atoms with Crippen molar-refractivity contribution in [3.05, 3.63) is 53.2 Å². The van der Waals surface area contributed by atoms with Gasteiger partial charge in [-0.25, -0.2) is 18.6 Å². The number of benzene rings is 1. The van der Waals surface area contributed by atoms with Crippen molar-refractivity contribution < 1.29 is 23.0 Å². The fourth-order valence-electron chi connectivity index (χ4n) is 1.86. The maximum Gasteiger partial charge on any atom is 0.356 e. The van der Waals surface area contributed by atoms with E-state index >= 15 is 0 Å². The number of nitrogens with zero attached hydrogens (tertiary/aromatic N) is 1. The SMILES string of the molecule is COC(=O)c1ccc(C(C)(F)F)c(Oc2cccc(C)c2)n1. The molecule has 0 aliphatic heterocycles. The van der Waals surface area contributed by atoms with Gasteiger partial charge in [0.2, 0.25) is 5.88 Å². The molecule has 22 heavy (non-hydrogen) atoms. The van der Waals surface area contributed by atoms with E-state index in [0.29, 0.717) is 5.75 Å². The highest BCUT2D eigenvalue weighted by Gasteiger charge is 2.31. The molecule has 0 aliphatic carbocycles. The summed E-state index contributed by atoms with van der Waals surface area (Å²) in [5.41, 5.74) is 0.409. The fraction of sp³-hybridized carbons (Fsp3) is 0.250. The summed E-state index contributed by atoms with van der Waals surface area (Å²) in [5, 5.41) is 0. The van der Waals surface area contributed by atoms with Crippen LogP contribution in [0.25, 0.3) is 0 Å². The summed E-state index contributed by atoms with van der Waals surface area (Å²) in [5.74, 6) is -3.83. The predicted octanol–water partition coefficient (Wildman–Crippen LogP) is 4.08. The van der Waals surface area contributed by atoms with Gasteiger partial charge in [-0.2, -0.15) is 0 Å². The Hall–Kier alpha value is -2.50. The molecule has 116 valence electrons. The molecule has 0 saturated carbocycles. The Balaban J connectivity index is 2.47. The molecule has 2 rings (SSSR count). The number of carbonyl (C=O) groups is 1. The van der Waals surface area contributed by atoms with Gasteiger partial charge in [-0.1, -0.05) is 12.1 Å². The number of halogens is 2. The highest BCUT2D eigenvalue weighted by molar-refractivity contribution is 5.87. The average molecular weight is 307 g/mol. The van der Waals surface area contributed by atoms with Gasteiger partial charge >= 0.3 is 5.97 Å². The Labute approximate surface area is 126 Å². The molecule has 0 saturated heterocycles. The summed E-state index contributed by atoms with van der Waals surface area (Å²) in [6.07, 6.45) is 0. The van der Waals surface area contributed by atoms with E-state index in [0.717, 1.165) is 18.6 Å². The molecule has 0 radical (unpaired) electrons. The molecule has 1 heterocycles. The number of esters is 1. The van der Waals surface area contributed by atoms with Gasteiger partial charge < -0.3 is 9.47 Å². The van der Waals surface area contributed by atoms with Crippen molar-refractivity contribution in [2.45, 2.75) is 19.8 Å². The Bertz CT molecular complexity index is 696. The number of aryl methyl sites for hydroxylation is 1. The van der Waals surface area contributed by atoms with E-state index in [4.69, 9.17) is 4.74 Å². The lowest BCUT2D eigenvalue weighted by molar-refractivity contribution is 0.0147. The van der Waals surface area contributed by atoms with E-state index in [2.05, 4.69) is 9.72 Å². The second-order valence-electron chi connectivity index (χ2n) is 4.85. The number of methoxy groups -OCH3 is 1. The molecule has 6 heteroatoms. The lowest BCUT2D eigenvalue weighted by atomic mass is 10.1. The van der Waals surface area contributed by atoms with Crippen molar-refractivity contribution in [3.8, 4) is 11.6 Å². The van der Waals surface area contributed by atoms with Gasteiger partial charge in [0, 0.05) is 6.92 Å². The van der Waals surface area contributed by atoms with Crippen LogP contribution in [0.3, 0.4) is 0 Å². The number of ether oxygens (including phenoxy) is 2. The fourth-order valence-corrected chi connectivity index (χ4v) is 1.86. The minimum Gasteiger partial charge on any atom is -0.464 e. The molecule has 0 aliphatic rings. The first-order chi connectivity index (χ1) is 10.3. The maximum absolute atomic E-state index is 13.7. The van der Waals surface area contributed by atoms with Crippen LogP contribution >= 0.6 is 0 Å². The van der Waals surface area contributed by atoms with Crippen molar-refractivity contribution >= 4 is 5.97 Å². The van der Waals surface area contributed by atoms with Crippen LogP contribution in [-0.4, -0.2) is 18.1 Å². The van der Waals surface area contributed by atoms with E-state index in [1.165, 1.54) is 13.2 Å². The van der Waals surface area contributed by atoms with Gasteiger partial charge in [0.15, 0.2) is 5.69 Å². The largest absolute Gasteiger partial charge is 0.464 e. The van der Waals surface area contributed by atoms with Crippen LogP contribution < -0.4 is 4.74 Å². The van der Waals surface area contributed by atoms with Crippen LogP contribution in [0, 0.1) is 6.92 Å². The van der Waals surface area contributed by atoms with E-state index in [1.807, 2.05) is 13.0 Å². The molecule has 0 bridgehead atoms. The third-order valence-electron chi connectivity index (χ3n) is 2.93. The average Bonchev–Trinajstić information content (AvgIpc) is 2.45. The second-order valence-corrected chi connectivity index (χ2v) is 4.85. The monoisotopic (exact) mass is 307 g/mol. The number of pyridine rings is 1. The van der Waals surface area contributed by atoms with Crippen LogP contribution in [0.2, 0.25) is 0 Å². The third kappa shape index (κ3) is 3.58.